The Morgan fingerprint density at radius 3 is 2.42 bits per heavy atom. The molecule has 7 heteroatoms. The standard InChI is InChI=1S/C19H21ClN2O3S/c1-14(15-7-3-2-4-8-15)21-19(23)17-13-16(9-10-18(17)20)26(24,25)22-11-5-6-12-22/h2-4,7-10,13-14H,5-6,11-12H2,1H3,(H,21,23)/t14-/m0/s1. The van der Waals surface area contributed by atoms with E-state index >= 15 is 0 Å². The molecule has 0 saturated carbocycles. The van der Waals surface area contributed by atoms with Crippen LogP contribution in [0.1, 0.15) is 41.7 Å². The molecule has 0 aromatic heterocycles. The Bertz CT molecular complexity index is 894. The van der Waals surface area contributed by atoms with Crippen LogP contribution in [-0.4, -0.2) is 31.7 Å². The Morgan fingerprint density at radius 2 is 1.77 bits per heavy atom. The first kappa shape index (κ1) is 18.9. The van der Waals surface area contributed by atoms with Crippen molar-refractivity contribution in [2.75, 3.05) is 13.1 Å². The molecule has 138 valence electrons. The van der Waals surface area contributed by atoms with Crippen LogP contribution in [-0.2, 0) is 10.0 Å². The van der Waals surface area contributed by atoms with Crippen molar-refractivity contribution < 1.29 is 13.2 Å². The van der Waals surface area contributed by atoms with Gasteiger partial charge >= 0.3 is 0 Å². The number of benzene rings is 2. The van der Waals surface area contributed by atoms with Crippen LogP contribution < -0.4 is 5.32 Å². The van der Waals surface area contributed by atoms with Gasteiger partial charge in [-0.05, 0) is 43.5 Å². The smallest absolute Gasteiger partial charge is 0.253 e. The van der Waals surface area contributed by atoms with Crippen molar-refractivity contribution in [2.24, 2.45) is 0 Å². The molecule has 0 unspecified atom stereocenters. The van der Waals surface area contributed by atoms with Crippen molar-refractivity contribution in [1.82, 2.24) is 9.62 Å². The van der Waals surface area contributed by atoms with Crippen LogP contribution >= 0.6 is 11.6 Å². The fourth-order valence-electron chi connectivity index (χ4n) is 3.02. The highest BCUT2D eigenvalue weighted by atomic mass is 35.5. The van der Waals surface area contributed by atoms with Gasteiger partial charge in [-0.3, -0.25) is 4.79 Å². The highest BCUT2D eigenvalue weighted by Crippen LogP contribution is 2.26. The summed E-state index contributed by atoms with van der Waals surface area (Å²) in [6.07, 6.45) is 1.71. The predicted molar refractivity (Wildman–Crippen MR) is 102 cm³/mol. The van der Waals surface area contributed by atoms with Crippen LogP contribution in [0.25, 0.3) is 0 Å². The van der Waals surface area contributed by atoms with Gasteiger partial charge in [0.1, 0.15) is 0 Å². The molecule has 1 heterocycles. The number of amides is 1. The number of halogens is 1. The van der Waals surface area contributed by atoms with E-state index in [1.165, 1.54) is 22.5 Å². The molecule has 1 saturated heterocycles. The normalized spacial score (nSPS) is 16.4. The van der Waals surface area contributed by atoms with Crippen LogP contribution in [0.5, 0.6) is 0 Å². The topological polar surface area (TPSA) is 66.5 Å². The maximum atomic E-state index is 12.7. The van der Waals surface area contributed by atoms with Gasteiger partial charge in [0.15, 0.2) is 0 Å². The highest BCUT2D eigenvalue weighted by molar-refractivity contribution is 7.89. The number of nitrogens with one attached hydrogen (secondary N) is 1. The van der Waals surface area contributed by atoms with E-state index in [0.29, 0.717) is 13.1 Å². The van der Waals surface area contributed by atoms with Crippen molar-refractivity contribution in [2.45, 2.75) is 30.7 Å². The van der Waals surface area contributed by atoms with E-state index in [1.807, 2.05) is 37.3 Å². The summed E-state index contributed by atoms with van der Waals surface area (Å²) >= 11 is 6.16. The molecule has 1 N–H and O–H groups in total. The number of hydrogen-bond donors (Lipinski definition) is 1. The van der Waals surface area contributed by atoms with E-state index in [2.05, 4.69) is 5.32 Å². The van der Waals surface area contributed by atoms with E-state index < -0.39 is 15.9 Å². The zero-order chi connectivity index (χ0) is 18.7. The van der Waals surface area contributed by atoms with Gasteiger partial charge < -0.3 is 5.32 Å². The van der Waals surface area contributed by atoms with Gasteiger partial charge in [-0.15, -0.1) is 0 Å². The largest absolute Gasteiger partial charge is 0.345 e. The van der Waals surface area contributed by atoms with Crippen molar-refractivity contribution in [3.05, 3.63) is 64.7 Å². The minimum absolute atomic E-state index is 0.0984. The second-order valence-corrected chi connectivity index (χ2v) is 8.70. The summed E-state index contributed by atoms with van der Waals surface area (Å²) in [5.41, 5.74) is 1.12. The molecule has 1 atom stereocenters. The molecule has 1 aliphatic heterocycles. The quantitative estimate of drug-likeness (QED) is 0.845. The van der Waals surface area contributed by atoms with Gasteiger partial charge in [0, 0.05) is 13.1 Å². The van der Waals surface area contributed by atoms with Gasteiger partial charge in [-0.2, -0.15) is 4.31 Å². The average Bonchev–Trinajstić information content (AvgIpc) is 3.18. The molecular formula is C19H21ClN2O3S. The second-order valence-electron chi connectivity index (χ2n) is 6.36. The fourth-order valence-corrected chi connectivity index (χ4v) is 4.76. The molecular weight excluding hydrogens is 372 g/mol. The lowest BCUT2D eigenvalue weighted by molar-refractivity contribution is 0.0940. The molecule has 1 aliphatic rings. The summed E-state index contributed by atoms with van der Waals surface area (Å²) in [6.45, 7) is 2.89. The number of sulfonamides is 1. The highest BCUT2D eigenvalue weighted by Gasteiger charge is 2.28. The molecule has 1 amide bonds. The van der Waals surface area contributed by atoms with Crippen molar-refractivity contribution in [3.8, 4) is 0 Å². The summed E-state index contributed by atoms with van der Waals surface area (Å²) in [6, 6.07) is 13.6. The van der Waals surface area contributed by atoms with Crippen LogP contribution in [0.4, 0.5) is 0 Å². The number of rotatable bonds is 5. The Kier molecular flexibility index (Phi) is 5.65. The first-order valence-corrected chi connectivity index (χ1v) is 10.4. The third kappa shape index (κ3) is 3.92. The Morgan fingerprint density at radius 1 is 1.12 bits per heavy atom. The molecule has 0 aliphatic carbocycles. The molecule has 0 radical (unpaired) electrons. The van der Waals surface area contributed by atoms with Gasteiger partial charge in [0.05, 0.1) is 21.5 Å². The van der Waals surface area contributed by atoms with Crippen molar-refractivity contribution in [1.29, 1.82) is 0 Å². The summed E-state index contributed by atoms with van der Waals surface area (Å²) in [5.74, 6) is -0.398. The van der Waals surface area contributed by atoms with E-state index in [0.717, 1.165) is 18.4 Å². The first-order valence-electron chi connectivity index (χ1n) is 8.55. The molecule has 3 rings (SSSR count). The molecule has 0 spiro atoms. The maximum Gasteiger partial charge on any atom is 0.253 e. The van der Waals surface area contributed by atoms with Gasteiger partial charge in [-0.1, -0.05) is 41.9 Å². The minimum Gasteiger partial charge on any atom is -0.345 e. The third-order valence-electron chi connectivity index (χ3n) is 4.53. The summed E-state index contributed by atoms with van der Waals surface area (Å²) in [4.78, 5) is 12.7. The molecule has 26 heavy (non-hydrogen) atoms. The lowest BCUT2D eigenvalue weighted by atomic mass is 10.1. The van der Waals surface area contributed by atoms with Crippen LogP contribution in [0, 0.1) is 0 Å². The predicted octanol–water partition coefficient (Wildman–Crippen LogP) is 3.62. The lowest BCUT2D eigenvalue weighted by Crippen LogP contribution is -2.29. The fraction of sp³-hybridized carbons (Fsp3) is 0.316. The van der Waals surface area contributed by atoms with Crippen LogP contribution in [0.3, 0.4) is 0 Å². The van der Waals surface area contributed by atoms with Crippen LogP contribution in [0.15, 0.2) is 53.4 Å². The SMILES string of the molecule is C[C@H](NC(=O)c1cc(S(=O)(=O)N2CCCC2)ccc1Cl)c1ccccc1. The Balaban J connectivity index is 1.84. The number of nitrogens with zero attached hydrogens (tertiary/aromatic N) is 1. The molecule has 5 nitrogen and oxygen atoms in total. The first-order chi connectivity index (χ1) is 12.4. The van der Waals surface area contributed by atoms with Gasteiger partial charge in [0.2, 0.25) is 10.0 Å². The monoisotopic (exact) mass is 392 g/mol. The van der Waals surface area contributed by atoms with Crippen molar-refractivity contribution >= 4 is 27.5 Å². The van der Waals surface area contributed by atoms with E-state index in [1.54, 1.807) is 0 Å². The molecule has 2 aromatic carbocycles. The van der Waals surface area contributed by atoms with Crippen molar-refractivity contribution in [3.63, 3.8) is 0 Å². The van der Waals surface area contributed by atoms with E-state index in [-0.39, 0.29) is 21.5 Å². The van der Waals surface area contributed by atoms with Gasteiger partial charge in [0.25, 0.3) is 5.91 Å². The Hall–Kier alpha value is -1.89. The summed E-state index contributed by atoms with van der Waals surface area (Å²) in [7, 11) is -3.60. The zero-order valence-corrected chi connectivity index (χ0v) is 16.1. The number of hydrogen-bond acceptors (Lipinski definition) is 3. The maximum absolute atomic E-state index is 12.7. The number of carbonyl (C=O) groups is 1. The zero-order valence-electron chi connectivity index (χ0n) is 14.5. The van der Waals surface area contributed by atoms with Crippen LogP contribution in [0.2, 0.25) is 5.02 Å². The Labute approximate surface area is 159 Å². The molecule has 1 fully saturated rings. The van der Waals surface area contributed by atoms with E-state index in [4.69, 9.17) is 11.6 Å². The minimum atomic E-state index is -3.60. The number of carbonyl (C=O) groups excluding carboxylic acids is 1. The molecule has 2 aromatic rings. The average molecular weight is 393 g/mol. The second kappa shape index (κ2) is 7.78. The summed E-state index contributed by atoms with van der Waals surface area (Å²) in [5, 5.41) is 3.09. The van der Waals surface area contributed by atoms with E-state index in [9.17, 15) is 13.2 Å². The third-order valence-corrected chi connectivity index (χ3v) is 6.76. The lowest BCUT2D eigenvalue weighted by Gasteiger charge is -2.18. The van der Waals surface area contributed by atoms with Gasteiger partial charge in [-0.25, -0.2) is 8.42 Å². The molecule has 0 bridgehead atoms. The summed E-state index contributed by atoms with van der Waals surface area (Å²) < 4.78 is 26.9.